The standard InChI is InChI=1S/C28H45NO2S/c1-6-7-8-15-27(30)31-19-24-18-26(24)28-29-25(20-32-28)17-16-23(5)14-10-13-22(4)12-9-11-21(2)3/h11,13,16,24-26H,6-10,12,14-15,17-20H2,1-5H3/b22-13+,23-16+/t24-,25-,26-/m1/s1. The van der Waals surface area contributed by atoms with Crippen molar-refractivity contribution in [3.05, 3.63) is 34.9 Å². The summed E-state index contributed by atoms with van der Waals surface area (Å²) < 4.78 is 5.47. The van der Waals surface area contributed by atoms with Gasteiger partial charge in [0.2, 0.25) is 0 Å². The maximum absolute atomic E-state index is 11.8. The fourth-order valence-electron chi connectivity index (χ4n) is 3.96. The van der Waals surface area contributed by atoms with E-state index in [0.29, 0.717) is 30.9 Å². The summed E-state index contributed by atoms with van der Waals surface area (Å²) >= 11 is 1.92. The van der Waals surface area contributed by atoms with Crippen LogP contribution in [0.2, 0.25) is 0 Å². The third-order valence-corrected chi connectivity index (χ3v) is 7.53. The monoisotopic (exact) mass is 459 g/mol. The minimum absolute atomic E-state index is 0.0264. The summed E-state index contributed by atoms with van der Waals surface area (Å²) in [6, 6.07) is 0.421. The number of thioether (sulfide) groups is 1. The molecule has 0 N–H and O–H groups in total. The summed E-state index contributed by atoms with van der Waals surface area (Å²) in [5, 5.41) is 1.31. The Balaban J connectivity index is 1.62. The predicted octanol–water partition coefficient (Wildman–Crippen LogP) is 8.07. The zero-order valence-corrected chi connectivity index (χ0v) is 21.9. The molecule has 1 heterocycles. The van der Waals surface area contributed by atoms with Crippen molar-refractivity contribution in [3.63, 3.8) is 0 Å². The Kier molecular flexibility index (Phi) is 12.4. The maximum Gasteiger partial charge on any atom is 0.305 e. The van der Waals surface area contributed by atoms with Crippen molar-refractivity contribution in [3.8, 4) is 0 Å². The van der Waals surface area contributed by atoms with Crippen molar-refractivity contribution in [2.24, 2.45) is 16.8 Å². The largest absolute Gasteiger partial charge is 0.465 e. The first kappa shape index (κ1) is 27.0. The molecule has 4 heteroatoms. The lowest BCUT2D eigenvalue weighted by Gasteiger charge is -2.04. The second-order valence-corrected chi connectivity index (χ2v) is 10.9. The molecular formula is C28H45NO2S. The third kappa shape index (κ3) is 11.0. The third-order valence-electron chi connectivity index (χ3n) is 6.28. The molecule has 3 nitrogen and oxygen atoms in total. The quantitative estimate of drug-likeness (QED) is 0.141. The molecular weight excluding hydrogens is 414 g/mol. The molecule has 1 aliphatic carbocycles. The molecule has 0 radical (unpaired) electrons. The van der Waals surface area contributed by atoms with Crippen molar-refractivity contribution < 1.29 is 9.53 Å². The van der Waals surface area contributed by atoms with Gasteiger partial charge in [0.05, 0.1) is 17.7 Å². The van der Waals surface area contributed by atoms with E-state index >= 15 is 0 Å². The van der Waals surface area contributed by atoms with Gasteiger partial charge in [0.15, 0.2) is 0 Å². The zero-order chi connectivity index (χ0) is 23.3. The molecule has 2 rings (SSSR count). The van der Waals surface area contributed by atoms with Crippen LogP contribution in [-0.2, 0) is 9.53 Å². The molecule has 1 fully saturated rings. The van der Waals surface area contributed by atoms with Gasteiger partial charge in [-0.3, -0.25) is 9.79 Å². The van der Waals surface area contributed by atoms with Crippen LogP contribution in [0.3, 0.4) is 0 Å². The average molecular weight is 460 g/mol. The topological polar surface area (TPSA) is 38.7 Å². The number of carbonyl (C=O) groups excluding carboxylic acids is 1. The van der Waals surface area contributed by atoms with E-state index in [1.807, 2.05) is 11.8 Å². The first-order valence-electron chi connectivity index (χ1n) is 12.7. The number of allylic oxidation sites excluding steroid dienone is 5. The fourth-order valence-corrected chi connectivity index (χ4v) is 5.26. The van der Waals surface area contributed by atoms with E-state index in [2.05, 4.69) is 52.8 Å². The predicted molar refractivity (Wildman–Crippen MR) is 140 cm³/mol. The number of unbranched alkanes of at least 4 members (excludes halogenated alkanes) is 2. The number of carbonyl (C=O) groups is 1. The normalized spacial score (nSPS) is 23.2. The first-order chi connectivity index (χ1) is 15.4. The summed E-state index contributed by atoms with van der Waals surface area (Å²) in [5.41, 5.74) is 4.39. The molecule has 0 bridgehead atoms. The molecule has 3 atom stereocenters. The highest BCUT2D eigenvalue weighted by Crippen LogP contribution is 2.45. The smallest absolute Gasteiger partial charge is 0.305 e. The van der Waals surface area contributed by atoms with Gasteiger partial charge in [-0.15, -0.1) is 11.8 Å². The van der Waals surface area contributed by atoms with Gasteiger partial charge < -0.3 is 4.74 Å². The van der Waals surface area contributed by atoms with Crippen LogP contribution in [0.25, 0.3) is 0 Å². The summed E-state index contributed by atoms with van der Waals surface area (Å²) in [4.78, 5) is 16.8. The Morgan fingerprint density at radius 3 is 2.47 bits per heavy atom. The van der Waals surface area contributed by atoms with Gasteiger partial charge in [-0.1, -0.05) is 54.7 Å². The van der Waals surface area contributed by atoms with Crippen molar-refractivity contribution in [2.75, 3.05) is 12.4 Å². The Labute approximate surface area is 201 Å². The lowest BCUT2D eigenvalue weighted by Crippen LogP contribution is -2.08. The van der Waals surface area contributed by atoms with Crippen LogP contribution in [0, 0.1) is 11.8 Å². The number of hydrogen-bond donors (Lipinski definition) is 0. The van der Waals surface area contributed by atoms with E-state index in [0.717, 1.165) is 57.1 Å². The first-order valence-corrected chi connectivity index (χ1v) is 13.7. The molecule has 0 aromatic carbocycles. The number of aliphatic imine (C=N–C) groups is 1. The molecule has 0 unspecified atom stereocenters. The Morgan fingerprint density at radius 1 is 1.03 bits per heavy atom. The molecule has 2 aliphatic rings. The summed E-state index contributed by atoms with van der Waals surface area (Å²) in [6.45, 7) is 11.6. The van der Waals surface area contributed by atoms with Crippen LogP contribution in [0.1, 0.15) is 98.8 Å². The number of hydrogen-bond acceptors (Lipinski definition) is 4. The van der Waals surface area contributed by atoms with Crippen molar-refractivity contribution in [2.45, 2.75) is 105 Å². The van der Waals surface area contributed by atoms with E-state index in [4.69, 9.17) is 9.73 Å². The minimum Gasteiger partial charge on any atom is -0.465 e. The van der Waals surface area contributed by atoms with E-state index in [-0.39, 0.29) is 5.97 Å². The molecule has 0 amide bonds. The van der Waals surface area contributed by atoms with Crippen LogP contribution in [0.4, 0.5) is 0 Å². The average Bonchev–Trinajstić information content (AvgIpc) is 3.37. The molecule has 0 aromatic heterocycles. The van der Waals surface area contributed by atoms with E-state index < -0.39 is 0 Å². The van der Waals surface area contributed by atoms with Crippen LogP contribution >= 0.6 is 11.8 Å². The number of ether oxygens (including phenoxy) is 1. The molecule has 0 saturated heterocycles. The van der Waals surface area contributed by atoms with Gasteiger partial charge in [0.1, 0.15) is 0 Å². The van der Waals surface area contributed by atoms with E-state index in [1.165, 1.54) is 28.2 Å². The number of nitrogens with zero attached hydrogens (tertiary/aromatic N) is 1. The lowest BCUT2D eigenvalue weighted by molar-refractivity contribution is -0.144. The van der Waals surface area contributed by atoms with E-state index in [9.17, 15) is 4.79 Å². The Bertz CT molecular complexity index is 715. The molecule has 32 heavy (non-hydrogen) atoms. The molecule has 1 saturated carbocycles. The van der Waals surface area contributed by atoms with E-state index in [1.54, 1.807) is 0 Å². The molecule has 180 valence electrons. The molecule has 1 aliphatic heterocycles. The minimum atomic E-state index is -0.0264. The highest BCUT2D eigenvalue weighted by molar-refractivity contribution is 8.14. The lowest BCUT2D eigenvalue weighted by atomic mass is 10.1. The Hall–Kier alpha value is -1.29. The number of rotatable bonds is 15. The van der Waals surface area contributed by atoms with Gasteiger partial charge in [-0.2, -0.15) is 0 Å². The van der Waals surface area contributed by atoms with Crippen LogP contribution in [0.15, 0.2) is 39.9 Å². The highest BCUT2D eigenvalue weighted by Gasteiger charge is 2.43. The van der Waals surface area contributed by atoms with Crippen molar-refractivity contribution >= 4 is 22.8 Å². The second kappa shape index (κ2) is 14.8. The van der Waals surface area contributed by atoms with Crippen LogP contribution < -0.4 is 0 Å². The van der Waals surface area contributed by atoms with Crippen molar-refractivity contribution in [1.29, 1.82) is 0 Å². The summed E-state index contributed by atoms with van der Waals surface area (Å²) in [6.07, 6.45) is 17.7. The molecule has 0 aromatic rings. The van der Waals surface area contributed by atoms with Gasteiger partial charge >= 0.3 is 5.97 Å². The second-order valence-electron chi connectivity index (χ2n) is 9.87. The van der Waals surface area contributed by atoms with Gasteiger partial charge in [0.25, 0.3) is 0 Å². The SMILES string of the molecule is CCCCCC(=O)OC[C@H]1C[C@H]1C1=N[C@H](C/C=C(\C)CC/C=C(\C)CCC=C(C)C)CS1. The summed E-state index contributed by atoms with van der Waals surface area (Å²) in [5.74, 6) is 2.11. The van der Waals surface area contributed by atoms with Gasteiger partial charge in [-0.25, -0.2) is 0 Å². The molecule has 0 spiro atoms. The summed E-state index contributed by atoms with van der Waals surface area (Å²) in [7, 11) is 0. The zero-order valence-electron chi connectivity index (χ0n) is 21.1. The van der Waals surface area contributed by atoms with Gasteiger partial charge in [-0.05, 0) is 72.6 Å². The van der Waals surface area contributed by atoms with Crippen LogP contribution in [0.5, 0.6) is 0 Å². The number of esters is 1. The maximum atomic E-state index is 11.8. The van der Waals surface area contributed by atoms with Crippen molar-refractivity contribution in [1.82, 2.24) is 0 Å². The Morgan fingerprint density at radius 2 is 1.75 bits per heavy atom. The van der Waals surface area contributed by atoms with Gasteiger partial charge in [0, 0.05) is 24.0 Å². The highest BCUT2D eigenvalue weighted by atomic mass is 32.2. The van der Waals surface area contributed by atoms with Crippen LogP contribution in [-0.4, -0.2) is 29.4 Å². The fraction of sp³-hybridized carbons (Fsp3) is 0.714.